The van der Waals surface area contributed by atoms with Gasteiger partial charge in [-0.05, 0) is 74.5 Å². The maximum atomic E-state index is 9.91. The minimum absolute atomic E-state index is 0.0272. The van der Waals surface area contributed by atoms with Crippen molar-refractivity contribution in [1.82, 2.24) is 0 Å². The number of hydrogen-bond acceptors (Lipinski definition) is 7. The van der Waals surface area contributed by atoms with Crippen LogP contribution >= 0.6 is 0 Å². The highest BCUT2D eigenvalue weighted by Gasteiger charge is 2.44. The van der Waals surface area contributed by atoms with Crippen molar-refractivity contribution in [2.24, 2.45) is 35.5 Å². The first-order valence-electron chi connectivity index (χ1n) is 12.7. The van der Waals surface area contributed by atoms with Crippen molar-refractivity contribution in [2.45, 2.75) is 111 Å². The molecule has 7 heteroatoms. The molecular formula is C25H48O7. The second-order valence-electron chi connectivity index (χ2n) is 9.77. The van der Waals surface area contributed by atoms with Crippen molar-refractivity contribution >= 4 is 6.47 Å². The minimum Gasteiger partial charge on any atom is -0.432 e. The van der Waals surface area contributed by atoms with E-state index in [0.717, 1.165) is 35.5 Å². The zero-order valence-electron chi connectivity index (χ0n) is 20.7. The molecule has 0 aromatic rings. The monoisotopic (exact) mass is 460 g/mol. The van der Waals surface area contributed by atoms with Crippen LogP contribution in [0.15, 0.2) is 0 Å². The Labute approximate surface area is 194 Å². The predicted molar refractivity (Wildman–Crippen MR) is 123 cm³/mol. The largest absolute Gasteiger partial charge is 0.432 e. The van der Waals surface area contributed by atoms with Gasteiger partial charge in [0.1, 0.15) is 6.10 Å². The van der Waals surface area contributed by atoms with Crippen LogP contribution in [0.3, 0.4) is 0 Å². The van der Waals surface area contributed by atoms with E-state index in [4.69, 9.17) is 25.2 Å². The van der Waals surface area contributed by atoms with E-state index in [1.165, 1.54) is 26.2 Å². The fraction of sp³-hybridized carbons (Fsp3) is 0.960. The molecule has 3 fully saturated rings. The predicted octanol–water partition coefficient (Wildman–Crippen LogP) is 3.47. The summed E-state index contributed by atoms with van der Waals surface area (Å²) < 4.78 is 8.87. The zero-order valence-corrected chi connectivity index (χ0v) is 20.7. The summed E-state index contributed by atoms with van der Waals surface area (Å²) >= 11 is 0. The standard InChI is InChI=1S/C16H28.C7H14O7.C2H6/c1-11-6-8-15-13(10-11)7-9-14-12(2)4-3-5-16(14)15;1-4(10)5(2-8)14-7(6(11)12)13-3-9;1-2/h11-16H,3-10H2,1-2H3;3-8,10-12H,2H2,1H3;1-2H3/t11?,12-,13?,14?,15?,16?;;/m0../s1. The second-order valence-corrected chi connectivity index (χ2v) is 9.77. The molecule has 0 spiro atoms. The number of hydrogen-bond donors (Lipinski definition) is 4. The molecule has 0 aromatic carbocycles. The lowest BCUT2D eigenvalue weighted by Crippen LogP contribution is -2.42. The van der Waals surface area contributed by atoms with Crippen molar-refractivity contribution in [2.75, 3.05) is 6.61 Å². The first kappa shape index (κ1) is 29.3. The summed E-state index contributed by atoms with van der Waals surface area (Å²) in [5, 5.41) is 35.0. The Hall–Kier alpha value is -0.730. The molecule has 9 atom stereocenters. The Morgan fingerprint density at radius 3 is 2.16 bits per heavy atom. The molecule has 0 aliphatic heterocycles. The molecule has 32 heavy (non-hydrogen) atoms. The lowest BCUT2D eigenvalue weighted by Gasteiger charge is -2.51. The van der Waals surface area contributed by atoms with Gasteiger partial charge in [-0.2, -0.15) is 0 Å². The van der Waals surface area contributed by atoms with Crippen LogP contribution in [0.2, 0.25) is 0 Å². The Kier molecular flexibility index (Phi) is 13.9. The van der Waals surface area contributed by atoms with Crippen LogP contribution in [0.1, 0.15) is 86.0 Å². The third-order valence-corrected chi connectivity index (χ3v) is 7.66. The van der Waals surface area contributed by atoms with Crippen LogP contribution in [0.4, 0.5) is 0 Å². The number of rotatable bonds is 7. The van der Waals surface area contributed by atoms with Crippen LogP contribution in [0.25, 0.3) is 0 Å². The van der Waals surface area contributed by atoms with Crippen molar-refractivity contribution in [1.29, 1.82) is 0 Å². The molecule has 0 amide bonds. The summed E-state index contributed by atoms with van der Waals surface area (Å²) in [5.74, 6) is 6.57. The quantitative estimate of drug-likeness (QED) is 0.339. The second kappa shape index (κ2) is 15.2. The highest BCUT2D eigenvalue weighted by atomic mass is 16.7. The molecular weight excluding hydrogens is 412 g/mol. The Morgan fingerprint density at radius 2 is 1.59 bits per heavy atom. The van der Waals surface area contributed by atoms with E-state index < -0.39 is 31.4 Å². The molecule has 0 radical (unpaired) electrons. The van der Waals surface area contributed by atoms with Crippen LogP contribution in [-0.4, -0.2) is 58.3 Å². The van der Waals surface area contributed by atoms with Gasteiger partial charge < -0.3 is 29.9 Å². The molecule has 4 N–H and O–H groups in total. The van der Waals surface area contributed by atoms with Gasteiger partial charge in [-0.25, -0.2) is 0 Å². The highest BCUT2D eigenvalue weighted by molar-refractivity contribution is 5.37. The smallest absolute Gasteiger partial charge is 0.295 e. The van der Waals surface area contributed by atoms with E-state index in [1.807, 2.05) is 13.8 Å². The van der Waals surface area contributed by atoms with E-state index in [9.17, 15) is 4.79 Å². The van der Waals surface area contributed by atoms with Gasteiger partial charge in [0.25, 0.3) is 12.8 Å². The first-order valence-corrected chi connectivity index (χ1v) is 12.7. The molecule has 3 aliphatic rings. The van der Waals surface area contributed by atoms with E-state index in [-0.39, 0.29) is 6.47 Å². The first-order chi connectivity index (χ1) is 15.3. The number of fused-ring (bicyclic) bond motifs is 3. The lowest BCUT2D eigenvalue weighted by atomic mass is 9.54. The van der Waals surface area contributed by atoms with Crippen molar-refractivity contribution in [3.8, 4) is 0 Å². The summed E-state index contributed by atoms with van der Waals surface area (Å²) in [6.07, 6.45) is 6.67. The van der Waals surface area contributed by atoms with Crippen LogP contribution < -0.4 is 0 Å². The Balaban J connectivity index is 0.000000301. The van der Waals surface area contributed by atoms with Crippen molar-refractivity contribution < 1.29 is 34.7 Å². The van der Waals surface area contributed by atoms with Crippen LogP contribution in [0.5, 0.6) is 0 Å². The number of carbonyl (C=O) groups is 1. The molecule has 0 bridgehead atoms. The summed E-state index contributed by atoms with van der Waals surface area (Å²) in [6, 6.07) is 0. The number of aliphatic hydroxyl groups excluding tert-OH is 3. The number of carbonyl (C=O) groups excluding carboxylic acids is 1. The summed E-state index contributed by atoms with van der Waals surface area (Å²) in [5.41, 5.74) is 0. The maximum absolute atomic E-state index is 9.91. The molecule has 0 aromatic heterocycles. The topological polar surface area (TPSA) is 116 Å². The molecule has 8 unspecified atom stereocenters. The van der Waals surface area contributed by atoms with Gasteiger partial charge in [-0.15, -0.1) is 0 Å². The fourth-order valence-corrected chi connectivity index (χ4v) is 6.09. The van der Waals surface area contributed by atoms with Gasteiger partial charge in [0, 0.05) is 0 Å². The highest BCUT2D eigenvalue weighted by Crippen LogP contribution is 2.53. The Morgan fingerprint density at radius 1 is 0.938 bits per heavy atom. The normalized spacial score (nSPS) is 34.3. The summed E-state index contributed by atoms with van der Waals surface area (Å²) in [7, 11) is 0. The molecule has 3 saturated carbocycles. The number of aliphatic hydroxyl groups is 4. The lowest BCUT2D eigenvalue weighted by molar-refractivity contribution is -0.266. The molecule has 3 rings (SSSR count). The van der Waals surface area contributed by atoms with Crippen LogP contribution in [0, 0.1) is 35.5 Å². The fourth-order valence-electron chi connectivity index (χ4n) is 6.09. The zero-order chi connectivity index (χ0) is 24.3. The molecule has 0 saturated heterocycles. The average Bonchev–Trinajstić information content (AvgIpc) is 2.78. The summed E-state index contributed by atoms with van der Waals surface area (Å²) in [4.78, 5) is 9.91. The van der Waals surface area contributed by atoms with Crippen molar-refractivity contribution in [3.05, 3.63) is 0 Å². The number of ether oxygens (including phenoxy) is 2. The molecule has 0 heterocycles. The van der Waals surface area contributed by atoms with Gasteiger partial charge in [0.15, 0.2) is 0 Å². The molecule has 7 nitrogen and oxygen atoms in total. The van der Waals surface area contributed by atoms with E-state index in [0.29, 0.717) is 0 Å². The van der Waals surface area contributed by atoms with Crippen molar-refractivity contribution in [3.63, 3.8) is 0 Å². The van der Waals surface area contributed by atoms with Gasteiger partial charge in [-0.1, -0.05) is 47.0 Å². The average molecular weight is 461 g/mol. The van der Waals surface area contributed by atoms with E-state index in [1.54, 1.807) is 32.1 Å². The Bertz CT molecular complexity index is 499. The van der Waals surface area contributed by atoms with Crippen LogP contribution in [-0.2, 0) is 14.3 Å². The maximum Gasteiger partial charge on any atom is 0.295 e. The van der Waals surface area contributed by atoms with E-state index >= 15 is 0 Å². The third kappa shape index (κ3) is 8.56. The molecule has 3 aliphatic carbocycles. The van der Waals surface area contributed by atoms with Gasteiger partial charge in [0.2, 0.25) is 6.29 Å². The SMILES string of the molecule is CC.CC(O)C(CO)OC(OC=O)C(O)O.CC1CCC2C(CCC3C2CCC[C@@H]3C)C1. The minimum atomic E-state index is -2.03. The van der Waals surface area contributed by atoms with Gasteiger partial charge >= 0.3 is 0 Å². The van der Waals surface area contributed by atoms with Gasteiger partial charge in [0.05, 0.1) is 12.7 Å². The van der Waals surface area contributed by atoms with E-state index in [2.05, 4.69) is 18.6 Å². The van der Waals surface area contributed by atoms with Gasteiger partial charge in [-0.3, -0.25) is 4.79 Å². The third-order valence-electron chi connectivity index (χ3n) is 7.66. The molecule has 190 valence electrons. The summed E-state index contributed by atoms with van der Waals surface area (Å²) in [6.45, 7) is 9.78.